The average Bonchev–Trinajstić information content (AvgIpc) is 3.48. The van der Waals surface area contributed by atoms with E-state index in [1.807, 2.05) is 45.0 Å². The minimum atomic E-state index is -0.971. The third-order valence-electron chi connectivity index (χ3n) is 12.4. The molecule has 4 aromatic rings. The highest BCUT2D eigenvalue weighted by Crippen LogP contribution is 2.32. The predicted octanol–water partition coefficient (Wildman–Crippen LogP) is 4.17. The summed E-state index contributed by atoms with van der Waals surface area (Å²) in [7, 11) is 0. The fraction of sp³-hybridized carbons (Fsp3) is 0.413. The second-order valence-corrected chi connectivity index (χ2v) is 17.2. The van der Waals surface area contributed by atoms with E-state index in [1.54, 1.807) is 23.2 Å². The Labute approximate surface area is 360 Å². The molecule has 0 radical (unpaired) electrons. The van der Waals surface area contributed by atoms with Crippen LogP contribution in [0.1, 0.15) is 58.5 Å². The molecule has 62 heavy (non-hydrogen) atoms. The molecule has 4 fully saturated rings. The smallest absolute Gasteiger partial charge is 0.317 e. The van der Waals surface area contributed by atoms with Crippen molar-refractivity contribution in [3.63, 3.8) is 0 Å². The molecule has 16 nitrogen and oxygen atoms in total. The molecule has 322 valence electrons. The van der Waals surface area contributed by atoms with Crippen molar-refractivity contribution in [1.82, 2.24) is 35.3 Å². The molecule has 0 saturated carbocycles. The van der Waals surface area contributed by atoms with Gasteiger partial charge in [-0.3, -0.25) is 34.3 Å². The molecule has 9 rings (SSSR count). The highest BCUT2D eigenvalue weighted by molar-refractivity contribution is 6.23. The highest BCUT2D eigenvalue weighted by Gasteiger charge is 2.45. The van der Waals surface area contributed by atoms with Gasteiger partial charge < -0.3 is 30.1 Å². The predicted molar refractivity (Wildman–Crippen MR) is 233 cm³/mol. The summed E-state index contributed by atoms with van der Waals surface area (Å²) in [6.45, 7) is 14.1. The van der Waals surface area contributed by atoms with E-state index in [0.717, 1.165) is 84.5 Å². The number of nitrogens with zero attached hydrogens (tertiary/aromatic N) is 7. The molecule has 1 atom stereocenters. The average molecular weight is 841 g/mol. The number of fused-ring (bicyclic) bond motifs is 1. The van der Waals surface area contributed by atoms with Gasteiger partial charge in [-0.1, -0.05) is 12.1 Å². The molecule has 5 aliphatic rings. The number of ether oxygens (including phenoxy) is 1. The van der Waals surface area contributed by atoms with E-state index < -0.39 is 29.7 Å². The normalized spacial score (nSPS) is 19.7. The van der Waals surface area contributed by atoms with Gasteiger partial charge >= 0.3 is 6.03 Å². The number of piperazine rings is 1. The Morgan fingerprint density at radius 1 is 0.855 bits per heavy atom. The van der Waals surface area contributed by atoms with Crippen molar-refractivity contribution in [2.75, 3.05) is 74.0 Å². The number of carbonyl (C=O) groups is 5. The summed E-state index contributed by atoms with van der Waals surface area (Å²) in [6, 6.07) is 20.7. The van der Waals surface area contributed by atoms with Crippen LogP contribution >= 0.6 is 0 Å². The Hall–Kier alpha value is -6.39. The van der Waals surface area contributed by atoms with Crippen LogP contribution in [-0.2, 0) is 20.9 Å². The van der Waals surface area contributed by atoms with Crippen molar-refractivity contribution in [2.24, 2.45) is 5.92 Å². The third-order valence-corrected chi connectivity index (χ3v) is 12.4. The van der Waals surface area contributed by atoms with Gasteiger partial charge in [0.05, 0.1) is 42.1 Å². The first kappa shape index (κ1) is 41.0. The minimum absolute atomic E-state index is 0.0743. The number of hydrogen-bond acceptors (Lipinski definition) is 12. The first-order valence-corrected chi connectivity index (χ1v) is 21.5. The van der Waals surface area contributed by atoms with Crippen LogP contribution in [0.5, 0.6) is 0 Å². The van der Waals surface area contributed by atoms with E-state index in [9.17, 15) is 24.0 Å². The van der Waals surface area contributed by atoms with Gasteiger partial charge in [-0.25, -0.2) is 14.8 Å². The second-order valence-electron chi connectivity index (χ2n) is 17.2. The third kappa shape index (κ3) is 8.57. The van der Waals surface area contributed by atoms with Gasteiger partial charge in [-0.05, 0) is 92.9 Å². The van der Waals surface area contributed by atoms with Gasteiger partial charge in [-0.2, -0.15) is 0 Å². The lowest BCUT2D eigenvalue weighted by molar-refractivity contribution is -0.136. The fourth-order valence-corrected chi connectivity index (χ4v) is 8.98. The molecule has 6 heterocycles. The van der Waals surface area contributed by atoms with Gasteiger partial charge in [0.2, 0.25) is 17.8 Å². The largest absolute Gasteiger partial charge is 0.372 e. The molecular weight excluding hydrogens is 789 g/mol. The molecular formula is C46H52N10O6. The lowest BCUT2D eigenvalue weighted by Crippen LogP contribution is -2.58. The van der Waals surface area contributed by atoms with E-state index in [4.69, 9.17) is 9.72 Å². The van der Waals surface area contributed by atoms with Gasteiger partial charge in [0, 0.05) is 93.5 Å². The Balaban J connectivity index is 0.714. The number of nitrogens with one attached hydrogen (secondary N) is 3. The Bertz CT molecular complexity index is 2390. The molecule has 0 bridgehead atoms. The summed E-state index contributed by atoms with van der Waals surface area (Å²) in [6.07, 6.45) is 2.26. The molecule has 1 aromatic heterocycles. The number of aromatic nitrogens is 2. The van der Waals surface area contributed by atoms with Crippen molar-refractivity contribution in [2.45, 2.75) is 58.4 Å². The quantitative estimate of drug-likeness (QED) is 0.174. The molecule has 3 N–H and O–H groups in total. The molecule has 1 unspecified atom stereocenters. The van der Waals surface area contributed by atoms with Crippen molar-refractivity contribution in [3.8, 4) is 11.3 Å². The minimum Gasteiger partial charge on any atom is -0.372 e. The Kier molecular flexibility index (Phi) is 11.4. The molecule has 16 heteroatoms. The van der Waals surface area contributed by atoms with Gasteiger partial charge in [0.1, 0.15) is 6.04 Å². The zero-order valence-electron chi connectivity index (χ0n) is 35.3. The molecule has 6 amide bonds. The number of piperidine rings is 1. The number of benzene rings is 3. The molecule has 5 aliphatic heterocycles. The number of urea groups is 1. The van der Waals surface area contributed by atoms with Crippen LogP contribution in [0.2, 0.25) is 0 Å². The molecule has 0 spiro atoms. The van der Waals surface area contributed by atoms with Crippen LogP contribution in [-0.4, -0.2) is 131 Å². The summed E-state index contributed by atoms with van der Waals surface area (Å²) >= 11 is 0. The van der Waals surface area contributed by atoms with Crippen LogP contribution in [0, 0.1) is 12.8 Å². The number of anilines is 4. The van der Waals surface area contributed by atoms with E-state index in [-0.39, 0.29) is 31.1 Å². The monoisotopic (exact) mass is 840 g/mol. The number of amides is 6. The maximum absolute atomic E-state index is 13.3. The number of rotatable bonds is 12. The SMILES string of the molecule is Cc1cc(-c2ccnc(Nc3ccc(N4CC(CN5CCN(c6ccc7c(c6)C(=O)N(C6CCC(=O)NC6=O)C7=O)CC5)C4)cc3)n2)ccc1CNC(=O)N1CC(OC(C)C)C1. The molecule has 4 saturated heterocycles. The number of aryl methyl sites for hydroxylation is 1. The summed E-state index contributed by atoms with van der Waals surface area (Å²) in [4.78, 5) is 82.3. The maximum Gasteiger partial charge on any atom is 0.317 e. The fourth-order valence-electron chi connectivity index (χ4n) is 8.98. The van der Waals surface area contributed by atoms with Crippen molar-refractivity contribution < 1.29 is 28.7 Å². The van der Waals surface area contributed by atoms with Crippen LogP contribution in [0.15, 0.2) is 72.9 Å². The van der Waals surface area contributed by atoms with E-state index >= 15 is 0 Å². The van der Waals surface area contributed by atoms with Crippen molar-refractivity contribution in [1.29, 1.82) is 0 Å². The maximum atomic E-state index is 13.3. The Morgan fingerprint density at radius 2 is 1.60 bits per heavy atom. The topological polar surface area (TPSA) is 173 Å². The van der Waals surface area contributed by atoms with Crippen molar-refractivity contribution >= 4 is 52.7 Å². The second kappa shape index (κ2) is 17.2. The first-order chi connectivity index (χ1) is 29.9. The number of carbonyl (C=O) groups excluding carboxylic acids is 5. The van der Waals surface area contributed by atoms with Gasteiger partial charge in [0.15, 0.2) is 0 Å². The van der Waals surface area contributed by atoms with Crippen LogP contribution < -0.4 is 25.8 Å². The summed E-state index contributed by atoms with van der Waals surface area (Å²) in [5.41, 5.74) is 7.47. The zero-order valence-corrected chi connectivity index (χ0v) is 35.3. The lowest BCUT2D eigenvalue weighted by Gasteiger charge is -2.45. The summed E-state index contributed by atoms with van der Waals surface area (Å²) < 4.78 is 5.76. The van der Waals surface area contributed by atoms with E-state index in [2.05, 4.69) is 66.0 Å². The number of imide groups is 2. The standard InChI is InChI=1S/C46H52N10O6/c1-28(2)62-36-26-55(27-36)46(61)48-22-32-5-4-31(20-29(32)3)39-14-15-47-45(50-39)49-33-6-8-34(9-7-33)54-24-30(25-54)23-52-16-18-53(19-17-52)35-10-11-37-38(21-35)44(60)56(43(37)59)40-12-13-41(57)51-42(40)58/h4-11,14-15,20-21,28,30,36,40H,12-13,16-19,22-27H2,1-3H3,(H,48,61)(H,47,49,50)(H,51,57,58). The van der Waals surface area contributed by atoms with Gasteiger partial charge in [0.25, 0.3) is 11.8 Å². The van der Waals surface area contributed by atoms with Gasteiger partial charge in [-0.15, -0.1) is 0 Å². The Morgan fingerprint density at radius 3 is 2.32 bits per heavy atom. The van der Waals surface area contributed by atoms with E-state index in [1.165, 1.54) is 5.69 Å². The van der Waals surface area contributed by atoms with Crippen LogP contribution in [0.4, 0.5) is 27.8 Å². The van der Waals surface area contributed by atoms with Crippen LogP contribution in [0.3, 0.4) is 0 Å². The summed E-state index contributed by atoms with van der Waals surface area (Å²) in [5, 5.41) is 8.63. The first-order valence-electron chi connectivity index (χ1n) is 21.5. The summed E-state index contributed by atoms with van der Waals surface area (Å²) in [5.74, 6) is -0.886. The van der Waals surface area contributed by atoms with E-state index in [0.29, 0.717) is 42.6 Å². The van der Waals surface area contributed by atoms with Crippen molar-refractivity contribution in [3.05, 3.63) is 95.2 Å². The number of hydrogen-bond donors (Lipinski definition) is 3. The zero-order chi connectivity index (χ0) is 43.1. The van der Waals surface area contributed by atoms with Crippen LogP contribution in [0.25, 0.3) is 11.3 Å². The highest BCUT2D eigenvalue weighted by atomic mass is 16.5. The molecule has 0 aliphatic carbocycles. The molecule has 3 aromatic carbocycles. The lowest BCUT2D eigenvalue weighted by atomic mass is 9.98. The number of likely N-dealkylation sites (tertiary alicyclic amines) is 1.